The Bertz CT molecular complexity index is 664. The molecule has 24 heavy (non-hydrogen) atoms. The molecule has 2 fully saturated rings. The number of hydrogen-bond acceptors (Lipinski definition) is 4. The monoisotopic (exact) mass is 372 g/mol. The zero-order valence-corrected chi connectivity index (χ0v) is 15.6. The first-order valence-corrected chi connectivity index (χ1v) is 10.5. The SMILES string of the molecule is CCS(=O)(=O)NC[C@@H]1CCC2(CN(Cc3cccc(Cl)c3)C2)OC1. The largest absolute Gasteiger partial charge is 0.372 e. The molecule has 1 N–H and O–H groups in total. The number of nitrogens with one attached hydrogen (secondary N) is 1. The molecular formula is C17H25ClN2O3S. The first-order chi connectivity index (χ1) is 11.4. The minimum absolute atomic E-state index is 0.0291. The fourth-order valence-corrected chi connectivity index (χ4v) is 4.36. The van der Waals surface area contributed by atoms with Gasteiger partial charge in [0.25, 0.3) is 0 Å². The van der Waals surface area contributed by atoms with E-state index in [-0.39, 0.29) is 17.3 Å². The topological polar surface area (TPSA) is 58.6 Å². The number of hydrogen-bond donors (Lipinski definition) is 1. The molecule has 134 valence electrons. The van der Waals surface area contributed by atoms with Crippen LogP contribution in [0.5, 0.6) is 0 Å². The van der Waals surface area contributed by atoms with Crippen LogP contribution in [0.2, 0.25) is 5.02 Å². The Morgan fingerprint density at radius 2 is 2.21 bits per heavy atom. The Morgan fingerprint density at radius 1 is 1.42 bits per heavy atom. The minimum Gasteiger partial charge on any atom is -0.372 e. The zero-order valence-electron chi connectivity index (χ0n) is 14.0. The summed E-state index contributed by atoms with van der Waals surface area (Å²) in [5.74, 6) is 0.405. The van der Waals surface area contributed by atoms with E-state index in [1.165, 1.54) is 5.56 Å². The van der Waals surface area contributed by atoms with Gasteiger partial charge < -0.3 is 4.74 Å². The van der Waals surface area contributed by atoms with Gasteiger partial charge in [-0.05, 0) is 43.4 Å². The molecule has 0 unspecified atom stereocenters. The van der Waals surface area contributed by atoms with Gasteiger partial charge in [-0.2, -0.15) is 0 Å². The van der Waals surface area contributed by atoms with Crippen LogP contribution in [0.1, 0.15) is 25.3 Å². The molecule has 1 atom stereocenters. The van der Waals surface area contributed by atoms with Crippen LogP contribution < -0.4 is 4.72 Å². The third kappa shape index (κ3) is 4.49. The molecule has 0 saturated carbocycles. The van der Waals surface area contributed by atoms with Gasteiger partial charge in [-0.25, -0.2) is 13.1 Å². The van der Waals surface area contributed by atoms with Gasteiger partial charge in [0.1, 0.15) is 0 Å². The second-order valence-corrected chi connectivity index (χ2v) is 9.46. The molecule has 0 amide bonds. The van der Waals surface area contributed by atoms with Crippen molar-refractivity contribution in [2.24, 2.45) is 5.92 Å². The molecule has 3 rings (SSSR count). The number of likely N-dealkylation sites (tertiary alicyclic amines) is 1. The van der Waals surface area contributed by atoms with Crippen LogP contribution in [0, 0.1) is 5.92 Å². The summed E-state index contributed by atoms with van der Waals surface area (Å²) >= 11 is 6.03. The van der Waals surface area contributed by atoms with E-state index in [9.17, 15) is 8.42 Å². The summed E-state index contributed by atoms with van der Waals surface area (Å²) in [4.78, 5) is 2.37. The number of sulfonamides is 1. The predicted octanol–water partition coefficient (Wildman–Crippen LogP) is 2.26. The van der Waals surface area contributed by atoms with E-state index in [1.807, 2.05) is 18.2 Å². The van der Waals surface area contributed by atoms with E-state index in [1.54, 1.807) is 6.92 Å². The molecule has 7 heteroatoms. The summed E-state index contributed by atoms with van der Waals surface area (Å²) in [5.41, 5.74) is 1.19. The summed E-state index contributed by atoms with van der Waals surface area (Å²) in [7, 11) is -3.11. The lowest BCUT2D eigenvalue weighted by molar-refractivity contribution is -0.181. The van der Waals surface area contributed by atoms with Crippen molar-refractivity contribution in [1.29, 1.82) is 0 Å². The maximum Gasteiger partial charge on any atom is 0.211 e. The van der Waals surface area contributed by atoms with Crippen molar-refractivity contribution < 1.29 is 13.2 Å². The quantitative estimate of drug-likeness (QED) is 0.832. The van der Waals surface area contributed by atoms with Crippen LogP contribution in [0.3, 0.4) is 0 Å². The highest BCUT2D eigenvalue weighted by Crippen LogP contribution is 2.36. The number of rotatable bonds is 6. The molecule has 1 aromatic rings. The van der Waals surface area contributed by atoms with Gasteiger partial charge in [0.05, 0.1) is 18.0 Å². The van der Waals surface area contributed by atoms with E-state index in [0.29, 0.717) is 13.2 Å². The molecule has 1 spiro atoms. The van der Waals surface area contributed by atoms with E-state index >= 15 is 0 Å². The molecule has 0 aromatic heterocycles. The highest BCUT2D eigenvalue weighted by atomic mass is 35.5. The first-order valence-electron chi connectivity index (χ1n) is 8.48. The summed E-state index contributed by atoms with van der Waals surface area (Å²) in [6.45, 7) is 5.54. The number of benzene rings is 1. The standard InChI is InChI=1S/C17H25ClN2O3S/c1-2-24(21,22)19-9-15-6-7-17(23-11-15)12-20(13-17)10-14-4-3-5-16(18)8-14/h3-5,8,15,19H,2,6-7,9-13H2,1H3/t15-/m0/s1. The van der Waals surface area contributed by atoms with Crippen LogP contribution in [-0.2, 0) is 21.3 Å². The Morgan fingerprint density at radius 3 is 2.83 bits per heavy atom. The van der Waals surface area contributed by atoms with Gasteiger partial charge in [0, 0.05) is 31.2 Å². The van der Waals surface area contributed by atoms with E-state index in [2.05, 4.69) is 15.7 Å². The van der Waals surface area contributed by atoms with Gasteiger partial charge in [-0.3, -0.25) is 4.90 Å². The lowest BCUT2D eigenvalue weighted by Gasteiger charge is -2.53. The number of halogens is 1. The molecule has 2 saturated heterocycles. The van der Waals surface area contributed by atoms with Gasteiger partial charge in [-0.15, -0.1) is 0 Å². The van der Waals surface area contributed by atoms with Gasteiger partial charge >= 0.3 is 0 Å². The van der Waals surface area contributed by atoms with E-state index < -0.39 is 10.0 Å². The molecule has 0 aliphatic carbocycles. The van der Waals surface area contributed by atoms with Crippen molar-refractivity contribution in [1.82, 2.24) is 9.62 Å². The average molecular weight is 373 g/mol. The molecular weight excluding hydrogens is 348 g/mol. The highest BCUT2D eigenvalue weighted by Gasteiger charge is 2.46. The summed E-state index contributed by atoms with van der Waals surface area (Å²) in [6, 6.07) is 7.96. The molecule has 2 aliphatic rings. The van der Waals surface area contributed by atoms with Gasteiger partial charge in [-0.1, -0.05) is 23.7 Å². The van der Waals surface area contributed by atoms with Crippen molar-refractivity contribution in [3.63, 3.8) is 0 Å². The Labute approximate surface area is 149 Å². The zero-order chi connectivity index (χ0) is 17.2. The van der Waals surface area contributed by atoms with Gasteiger partial charge in [0.2, 0.25) is 10.0 Å². The smallest absolute Gasteiger partial charge is 0.211 e. The van der Waals surface area contributed by atoms with Crippen molar-refractivity contribution in [3.8, 4) is 0 Å². The normalized spacial score (nSPS) is 24.0. The minimum atomic E-state index is -3.11. The lowest BCUT2D eigenvalue weighted by atomic mass is 9.83. The number of ether oxygens (including phenoxy) is 1. The van der Waals surface area contributed by atoms with Crippen molar-refractivity contribution >= 4 is 21.6 Å². The first kappa shape index (κ1) is 18.1. The summed E-state index contributed by atoms with van der Waals surface area (Å²) < 4.78 is 31.8. The predicted molar refractivity (Wildman–Crippen MR) is 95.6 cm³/mol. The molecule has 2 heterocycles. The molecule has 0 radical (unpaired) electrons. The third-order valence-electron chi connectivity index (χ3n) is 4.92. The van der Waals surface area contributed by atoms with E-state index in [0.717, 1.165) is 37.5 Å². The van der Waals surface area contributed by atoms with Crippen LogP contribution in [0.4, 0.5) is 0 Å². The summed E-state index contributed by atoms with van der Waals surface area (Å²) in [6.07, 6.45) is 2.01. The van der Waals surface area contributed by atoms with Crippen molar-refractivity contribution in [2.75, 3.05) is 32.0 Å². The van der Waals surface area contributed by atoms with E-state index in [4.69, 9.17) is 16.3 Å². The van der Waals surface area contributed by atoms with Crippen LogP contribution >= 0.6 is 11.6 Å². The summed E-state index contributed by atoms with van der Waals surface area (Å²) in [5, 5.41) is 0.772. The fourth-order valence-electron chi connectivity index (χ4n) is 3.45. The highest BCUT2D eigenvalue weighted by molar-refractivity contribution is 7.89. The Balaban J connectivity index is 1.42. The van der Waals surface area contributed by atoms with Crippen molar-refractivity contribution in [3.05, 3.63) is 34.9 Å². The Kier molecular flexibility index (Phi) is 5.52. The average Bonchev–Trinajstić information content (AvgIpc) is 2.53. The second-order valence-electron chi connectivity index (χ2n) is 6.93. The van der Waals surface area contributed by atoms with Crippen LogP contribution in [0.25, 0.3) is 0 Å². The maximum atomic E-state index is 11.5. The molecule has 1 aromatic carbocycles. The third-order valence-corrected chi connectivity index (χ3v) is 6.53. The fraction of sp³-hybridized carbons (Fsp3) is 0.647. The molecule has 2 aliphatic heterocycles. The molecule has 5 nitrogen and oxygen atoms in total. The van der Waals surface area contributed by atoms with Crippen LogP contribution in [0.15, 0.2) is 24.3 Å². The second kappa shape index (κ2) is 7.30. The Hall–Kier alpha value is -0.660. The van der Waals surface area contributed by atoms with Crippen LogP contribution in [-0.4, -0.2) is 50.9 Å². The van der Waals surface area contributed by atoms with Crippen molar-refractivity contribution in [2.45, 2.75) is 31.9 Å². The maximum absolute atomic E-state index is 11.5. The van der Waals surface area contributed by atoms with Gasteiger partial charge in [0.15, 0.2) is 0 Å². The lowest BCUT2D eigenvalue weighted by Crippen LogP contribution is -2.64. The number of nitrogens with zero attached hydrogens (tertiary/aromatic N) is 1. The molecule has 0 bridgehead atoms.